The monoisotopic (exact) mass is 312 g/mol. The number of hydrogen-bond acceptors (Lipinski definition) is 3. The molecule has 2 rings (SSSR count). The quantitative estimate of drug-likeness (QED) is 0.849. The van der Waals surface area contributed by atoms with Crippen molar-refractivity contribution >= 4 is 18.3 Å². The third kappa shape index (κ3) is 5.21. The van der Waals surface area contributed by atoms with Crippen LogP contribution in [-0.4, -0.2) is 26.1 Å². The van der Waals surface area contributed by atoms with Gasteiger partial charge in [-0.15, -0.1) is 12.4 Å². The van der Waals surface area contributed by atoms with Gasteiger partial charge < -0.3 is 15.4 Å². The van der Waals surface area contributed by atoms with Gasteiger partial charge in [-0.2, -0.15) is 0 Å². The number of benzene rings is 1. The highest BCUT2D eigenvalue weighted by Gasteiger charge is 2.17. The highest BCUT2D eigenvalue weighted by atomic mass is 35.5. The lowest BCUT2D eigenvalue weighted by atomic mass is 10.0. The SMILES string of the molecule is COc1ccccc1C(C)NC(=O)CCC1CCNC1.Cl. The standard InChI is InChI=1S/C16H24N2O2.ClH/c1-12(14-5-3-4-6-15(14)20-2)18-16(19)8-7-13-9-10-17-11-13;/h3-6,12-13,17H,7-11H2,1-2H3,(H,18,19);1H. The minimum absolute atomic E-state index is 0. The highest BCUT2D eigenvalue weighted by Crippen LogP contribution is 2.24. The minimum atomic E-state index is -0.0275. The van der Waals surface area contributed by atoms with E-state index in [1.165, 1.54) is 6.42 Å². The smallest absolute Gasteiger partial charge is 0.220 e. The first-order chi connectivity index (χ1) is 9.70. The van der Waals surface area contributed by atoms with E-state index in [2.05, 4.69) is 10.6 Å². The van der Waals surface area contributed by atoms with Crippen molar-refractivity contribution in [3.05, 3.63) is 29.8 Å². The Morgan fingerprint density at radius 1 is 1.48 bits per heavy atom. The van der Waals surface area contributed by atoms with Crippen LogP contribution in [0.15, 0.2) is 24.3 Å². The Labute approximate surface area is 133 Å². The average Bonchev–Trinajstić information content (AvgIpc) is 2.98. The van der Waals surface area contributed by atoms with Crippen LogP contribution in [0.5, 0.6) is 5.75 Å². The summed E-state index contributed by atoms with van der Waals surface area (Å²) in [6.07, 6.45) is 2.76. The van der Waals surface area contributed by atoms with Crippen molar-refractivity contribution in [2.24, 2.45) is 5.92 Å². The lowest BCUT2D eigenvalue weighted by Gasteiger charge is -2.17. The molecule has 0 aromatic heterocycles. The number of amides is 1. The Morgan fingerprint density at radius 2 is 2.24 bits per heavy atom. The molecule has 1 fully saturated rings. The zero-order valence-electron chi connectivity index (χ0n) is 12.7. The average molecular weight is 313 g/mol. The fourth-order valence-electron chi connectivity index (χ4n) is 2.71. The number of carbonyl (C=O) groups excluding carboxylic acids is 1. The number of carbonyl (C=O) groups is 1. The Balaban J connectivity index is 0.00000220. The molecule has 1 aromatic carbocycles. The Bertz CT molecular complexity index is 448. The van der Waals surface area contributed by atoms with Gasteiger partial charge >= 0.3 is 0 Å². The van der Waals surface area contributed by atoms with E-state index in [4.69, 9.17) is 4.74 Å². The summed E-state index contributed by atoms with van der Waals surface area (Å²) in [6.45, 7) is 4.13. The molecule has 0 spiro atoms. The van der Waals surface area contributed by atoms with Crippen molar-refractivity contribution in [3.63, 3.8) is 0 Å². The van der Waals surface area contributed by atoms with Gasteiger partial charge in [0.15, 0.2) is 0 Å². The van der Waals surface area contributed by atoms with E-state index >= 15 is 0 Å². The summed E-state index contributed by atoms with van der Waals surface area (Å²) in [5, 5.41) is 6.39. The molecule has 1 saturated heterocycles. The Hall–Kier alpha value is -1.26. The van der Waals surface area contributed by atoms with Crippen LogP contribution >= 0.6 is 12.4 Å². The van der Waals surface area contributed by atoms with Crippen LogP contribution in [0.25, 0.3) is 0 Å². The normalized spacial score (nSPS) is 18.7. The Morgan fingerprint density at radius 3 is 2.90 bits per heavy atom. The predicted molar refractivity (Wildman–Crippen MR) is 87.0 cm³/mol. The molecule has 2 atom stereocenters. The van der Waals surface area contributed by atoms with Crippen LogP contribution in [0, 0.1) is 5.92 Å². The van der Waals surface area contributed by atoms with Gasteiger partial charge in [0, 0.05) is 12.0 Å². The van der Waals surface area contributed by atoms with Crippen molar-refractivity contribution in [1.82, 2.24) is 10.6 Å². The summed E-state index contributed by atoms with van der Waals surface area (Å²) >= 11 is 0. The maximum atomic E-state index is 12.0. The van der Waals surface area contributed by atoms with Gasteiger partial charge in [0.25, 0.3) is 0 Å². The summed E-state index contributed by atoms with van der Waals surface area (Å²) < 4.78 is 5.33. The predicted octanol–water partition coefficient (Wildman–Crippen LogP) is 2.68. The van der Waals surface area contributed by atoms with Gasteiger partial charge in [-0.05, 0) is 44.8 Å². The molecule has 2 N–H and O–H groups in total. The van der Waals surface area contributed by atoms with Gasteiger partial charge in [0.2, 0.25) is 5.91 Å². The van der Waals surface area contributed by atoms with E-state index < -0.39 is 0 Å². The first-order valence-electron chi connectivity index (χ1n) is 7.33. The number of nitrogens with one attached hydrogen (secondary N) is 2. The minimum Gasteiger partial charge on any atom is -0.496 e. The van der Waals surface area contributed by atoms with Crippen LogP contribution in [0.3, 0.4) is 0 Å². The van der Waals surface area contributed by atoms with Crippen molar-refractivity contribution in [2.45, 2.75) is 32.2 Å². The molecule has 1 aliphatic heterocycles. The fraction of sp³-hybridized carbons (Fsp3) is 0.562. The van der Waals surface area contributed by atoms with E-state index in [1.54, 1.807) is 7.11 Å². The zero-order valence-corrected chi connectivity index (χ0v) is 13.5. The topological polar surface area (TPSA) is 50.4 Å². The van der Waals surface area contributed by atoms with Crippen LogP contribution in [-0.2, 0) is 4.79 Å². The molecule has 1 aliphatic rings. The largest absolute Gasteiger partial charge is 0.496 e. The van der Waals surface area contributed by atoms with Gasteiger partial charge in [-0.1, -0.05) is 18.2 Å². The first kappa shape index (κ1) is 17.8. The third-order valence-corrected chi connectivity index (χ3v) is 3.92. The van der Waals surface area contributed by atoms with Crippen molar-refractivity contribution in [1.29, 1.82) is 0 Å². The fourth-order valence-corrected chi connectivity index (χ4v) is 2.71. The maximum absolute atomic E-state index is 12.0. The number of hydrogen-bond donors (Lipinski definition) is 2. The first-order valence-corrected chi connectivity index (χ1v) is 7.33. The van der Waals surface area contributed by atoms with Crippen molar-refractivity contribution in [3.8, 4) is 5.75 Å². The Kier molecular flexibility index (Phi) is 7.54. The zero-order chi connectivity index (χ0) is 14.4. The van der Waals surface area contributed by atoms with E-state index in [-0.39, 0.29) is 24.4 Å². The lowest BCUT2D eigenvalue weighted by molar-refractivity contribution is -0.122. The van der Waals surface area contributed by atoms with Crippen LogP contribution in [0.1, 0.15) is 37.8 Å². The molecule has 1 heterocycles. The summed E-state index contributed by atoms with van der Waals surface area (Å²) in [7, 11) is 1.65. The van der Waals surface area contributed by atoms with Gasteiger partial charge in [-0.25, -0.2) is 0 Å². The number of rotatable bonds is 6. The summed E-state index contributed by atoms with van der Waals surface area (Å²) in [4.78, 5) is 12.0. The molecule has 1 amide bonds. The van der Waals surface area contributed by atoms with Crippen LogP contribution < -0.4 is 15.4 Å². The molecule has 5 heteroatoms. The molecule has 4 nitrogen and oxygen atoms in total. The van der Waals surface area contributed by atoms with Crippen LogP contribution in [0.4, 0.5) is 0 Å². The van der Waals surface area contributed by atoms with E-state index in [0.717, 1.165) is 30.8 Å². The van der Waals surface area contributed by atoms with E-state index in [9.17, 15) is 4.79 Å². The van der Waals surface area contributed by atoms with Gasteiger partial charge in [0.05, 0.1) is 13.2 Å². The van der Waals surface area contributed by atoms with Gasteiger partial charge in [0.1, 0.15) is 5.75 Å². The molecule has 0 aliphatic carbocycles. The lowest BCUT2D eigenvalue weighted by Crippen LogP contribution is -2.27. The van der Waals surface area contributed by atoms with Crippen molar-refractivity contribution < 1.29 is 9.53 Å². The second-order valence-corrected chi connectivity index (χ2v) is 5.43. The molecular weight excluding hydrogens is 288 g/mol. The number of para-hydroxylation sites is 1. The molecule has 0 bridgehead atoms. The molecule has 2 unspecified atom stereocenters. The summed E-state index contributed by atoms with van der Waals surface area (Å²) in [5.41, 5.74) is 1.02. The third-order valence-electron chi connectivity index (χ3n) is 3.92. The highest BCUT2D eigenvalue weighted by molar-refractivity contribution is 5.85. The number of methoxy groups -OCH3 is 1. The van der Waals surface area contributed by atoms with E-state index in [1.807, 2.05) is 31.2 Å². The summed E-state index contributed by atoms with van der Waals surface area (Å²) in [6, 6.07) is 7.78. The second kappa shape index (κ2) is 8.90. The molecule has 1 aromatic rings. The number of halogens is 1. The number of ether oxygens (including phenoxy) is 1. The maximum Gasteiger partial charge on any atom is 0.220 e. The van der Waals surface area contributed by atoms with Gasteiger partial charge in [-0.3, -0.25) is 4.79 Å². The molecule has 118 valence electrons. The molecular formula is C16H25ClN2O2. The molecule has 21 heavy (non-hydrogen) atoms. The van der Waals surface area contributed by atoms with E-state index in [0.29, 0.717) is 12.3 Å². The second-order valence-electron chi connectivity index (χ2n) is 5.43. The van der Waals surface area contributed by atoms with Crippen LogP contribution in [0.2, 0.25) is 0 Å². The molecule has 0 saturated carbocycles. The summed E-state index contributed by atoms with van der Waals surface area (Å²) in [5.74, 6) is 1.60. The molecule has 0 radical (unpaired) electrons. The van der Waals surface area contributed by atoms with Crippen molar-refractivity contribution in [2.75, 3.05) is 20.2 Å².